The summed E-state index contributed by atoms with van der Waals surface area (Å²) in [4.78, 5) is 4.21. The Morgan fingerprint density at radius 3 is 2.86 bits per heavy atom. The normalized spacial score (nSPS) is 10.4. The Bertz CT molecular complexity index is 263. The summed E-state index contributed by atoms with van der Waals surface area (Å²) in [5.74, 6) is 0. The monoisotopic (exact) mass is 195 g/mol. The van der Waals surface area contributed by atoms with Gasteiger partial charge in [-0.05, 0) is 18.6 Å². The molecule has 1 aromatic heterocycles. The first kappa shape index (κ1) is 11.1. The summed E-state index contributed by atoms with van der Waals surface area (Å²) in [7, 11) is 0. The zero-order valence-electron chi connectivity index (χ0n) is 8.57. The Labute approximate surface area is 84.7 Å². The number of aromatic nitrogens is 1. The van der Waals surface area contributed by atoms with Crippen LogP contribution in [0.25, 0.3) is 0 Å². The van der Waals surface area contributed by atoms with Gasteiger partial charge < -0.3 is 9.84 Å². The van der Waals surface area contributed by atoms with Crippen LogP contribution in [-0.2, 0) is 18.0 Å². The van der Waals surface area contributed by atoms with Crippen LogP contribution in [0, 0.1) is 0 Å². The van der Waals surface area contributed by atoms with Crippen molar-refractivity contribution in [2.75, 3.05) is 6.61 Å². The minimum absolute atomic E-state index is 0.0111. The predicted molar refractivity (Wildman–Crippen MR) is 54.7 cm³/mol. The fourth-order valence-electron chi connectivity index (χ4n) is 1.12. The Kier molecular flexibility index (Phi) is 5.19. The lowest BCUT2D eigenvalue weighted by atomic mass is 10.3. The van der Waals surface area contributed by atoms with E-state index in [-0.39, 0.29) is 6.61 Å². The average Bonchev–Trinajstić information content (AvgIpc) is 2.25. The van der Waals surface area contributed by atoms with E-state index in [1.54, 1.807) is 6.07 Å². The fraction of sp³-hybridized carbons (Fsp3) is 0.545. The van der Waals surface area contributed by atoms with Crippen LogP contribution in [0.15, 0.2) is 18.2 Å². The number of ether oxygens (including phenoxy) is 1. The molecule has 1 aromatic rings. The van der Waals surface area contributed by atoms with Gasteiger partial charge in [-0.2, -0.15) is 0 Å². The summed E-state index contributed by atoms with van der Waals surface area (Å²) in [6.07, 6.45) is 2.23. The van der Waals surface area contributed by atoms with Crippen molar-refractivity contribution in [2.45, 2.75) is 33.0 Å². The van der Waals surface area contributed by atoms with Gasteiger partial charge in [-0.15, -0.1) is 0 Å². The van der Waals surface area contributed by atoms with Gasteiger partial charge in [-0.25, -0.2) is 0 Å². The summed E-state index contributed by atoms with van der Waals surface area (Å²) in [5.41, 5.74) is 1.58. The molecule has 3 heteroatoms. The van der Waals surface area contributed by atoms with E-state index < -0.39 is 0 Å². The number of pyridine rings is 1. The number of nitrogens with zero attached hydrogens (tertiary/aromatic N) is 1. The second-order valence-corrected chi connectivity index (χ2v) is 3.18. The summed E-state index contributed by atoms with van der Waals surface area (Å²) in [6.45, 7) is 3.44. The second-order valence-electron chi connectivity index (χ2n) is 3.18. The number of hydrogen-bond acceptors (Lipinski definition) is 3. The van der Waals surface area contributed by atoms with Crippen molar-refractivity contribution in [1.82, 2.24) is 4.98 Å². The molecular formula is C11H17NO2. The average molecular weight is 195 g/mol. The number of hydrogen-bond donors (Lipinski definition) is 1. The van der Waals surface area contributed by atoms with Gasteiger partial charge in [0.05, 0.1) is 24.6 Å². The van der Waals surface area contributed by atoms with Crippen LogP contribution in [0.3, 0.4) is 0 Å². The second kappa shape index (κ2) is 6.51. The minimum atomic E-state index is -0.0111. The number of aliphatic hydroxyl groups excluding tert-OH is 1. The van der Waals surface area contributed by atoms with Crippen molar-refractivity contribution < 1.29 is 9.84 Å². The van der Waals surface area contributed by atoms with E-state index in [1.165, 1.54) is 0 Å². The van der Waals surface area contributed by atoms with Gasteiger partial charge in [-0.3, -0.25) is 4.98 Å². The van der Waals surface area contributed by atoms with Crippen molar-refractivity contribution in [3.05, 3.63) is 29.6 Å². The third-order valence-corrected chi connectivity index (χ3v) is 1.92. The smallest absolute Gasteiger partial charge is 0.0887 e. The maximum absolute atomic E-state index is 8.87. The van der Waals surface area contributed by atoms with Crippen molar-refractivity contribution in [3.63, 3.8) is 0 Å². The van der Waals surface area contributed by atoms with Crippen LogP contribution in [0.1, 0.15) is 31.2 Å². The van der Waals surface area contributed by atoms with E-state index in [1.807, 2.05) is 12.1 Å². The fourth-order valence-corrected chi connectivity index (χ4v) is 1.12. The SMILES string of the molecule is CCCCOCc1cccc(CO)n1. The first-order chi connectivity index (χ1) is 6.86. The molecule has 0 atom stereocenters. The summed E-state index contributed by atoms with van der Waals surface area (Å²) >= 11 is 0. The van der Waals surface area contributed by atoms with Gasteiger partial charge in [0, 0.05) is 6.61 Å². The largest absolute Gasteiger partial charge is 0.390 e. The van der Waals surface area contributed by atoms with Gasteiger partial charge in [0.15, 0.2) is 0 Å². The summed E-state index contributed by atoms with van der Waals surface area (Å²) in [6, 6.07) is 5.59. The van der Waals surface area contributed by atoms with E-state index in [0.29, 0.717) is 12.3 Å². The molecule has 1 rings (SSSR count). The van der Waals surface area contributed by atoms with E-state index in [4.69, 9.17) is 9.84 Å². The molecule has 0 spiro atoms. The maximum Gasteiger partial charge on any atom is 0.0887 e. The lowest BCUT2D eigenvalue weighted by molar-refractivity contribution is 0.115. The highest BCUT2D eigenvalue weighted by Crippen LogP contribution is 2.01. The van der Waals surface area contributed by atoms with E-state index in [9.17, 15) is 0 Å². The Morgan fingerprint density at radius 1 is 1.36 bits per heavy atom. The lowest BCUT2D eigenvalue weighted by Crippen LogP contribution is -1.99. The number of unbranched alkanes of at least 4 members (excludes halogenated alkanes) is 1. The number of aliphatic hydroxyl groups is 1. The van der Waals surface area contributed by atoms with Crippen LogP contribution in [0.5, 0.6) is 0 Å². The van der Waals surface area contributed by atoms with Gasteiger partial charge in [0.25, 0.3) is 0 Å². The first-order valence-corrected chi connectivity index (χ1v) is 5.00. The lowest BCUT2D eigenvalue weighted by Gasteiger charge is -2.03. The topological polar surface area (TPSA) is 42.4 Å². The standard InChI is InChI=1S/C11H17NO2/c1-2-3-7-14-9-11-6-4-5-10(8-13)12-11/h4-6,13H,2-3,7-9H2,1H3. The predicted octanol–water partition coefficient (Wildman–Crippen LogP) is 1.89. The highest BCUT2D eigenvalue weighted by molar-refractivity contribution is 5.09. The molecule has 0 saturated carbocycles. The van der Waals surface area contributed by atoms with E-state index >= 15 is 0 Å². The maximum atomic E-state index is 8.87. The third kappa shape index (κ3) is 3.85. The van der Waals surface area contributed by atoms with Gasteiger partial charge >= 0.3 is 0 Å². The molecule has 0 saturated heterocycles. The molecule has 0 aromatic carbocycles. The molecule has 0 bridgehead atoms. The molecule has 0 aliphatic heterocycles. The van der Waals surface area contributed by atoms with Crippen molar-refractivity contribution in [1.29, 1.82) is 0 Å². The third-order valence-electron chi connectivity index (χ3n) is 1.92. The Balaban J connectivity index is 2.34. The highest BCUT2D eigenvalue weighted by atomic mass is 16.5. The van der Waals surface area contributed by atoms with Gasteiger partial charge in [0.1, 0.15) is 0 Å². The quantitative estimate of drug-likeness (QED) is 0.705. The van der Waals surface area contributed by atoms with Crippen LogP contribution in [-0.4, -0.2) is 16.7 Å². The van der Waals surface area contributed by atoms with Crippen LogP contribution < -0.4 is 0 Å². The van der Waals surface area contributed by atoms with Crippen LogP contribution in [0.4, 0.5) is 0 Å². The summed E-state index contributed by atoms with van der Waals surface area (Å²) in [5, 5.41) is 8.87. The molecular weight excluding hydrogens is 178 g/mol. The van der Waals surface area contributed by atoms with Gasteiger partial charge in [0.2, 0.25) is 0 Å². The molecule has 1 heterocycles. The molecule has 1 N–H and O–H groups in total. The summed E-state index contributed by atoms with van der Waals surface area (Å²) < 4.78 is 5.42. The highest BCUT2D eigenvalue weighted by Gasteiger charge is 1.96. The van der Waals surface area contributed by atoms with Crippen molar-refractivity contribution in [3.8, 4) is 0 Å². The molecule has 0 aliphatic rings. The van der Waals surface area contributed by atoms with E-state index in [2.05, 4.69) is 11.9 Å². The molecule has 0 aliphatic carbocycles. The molecule has 14 heavy (non-hydrogen) atoms. The molecule has 0 fully saturated rings. The van der Waals surface area contributed by atoms with Crippen LogP contribution in [0.2, 0.25) is 0 Å². The first-order valence-electron chi connectivity index (χ1n) is 5.00. The number of rotatable bonds is 6. The van der Waals surface area contributed by atoms with Gasteiger partial charge in [-0.1, -0.05) is 19.4 Å². The molecule has 0 unspecified atom stereocenters. The van der Waals surface area contributed by atoms with Crippen molar-refractivity contribution >= 4 is 0 Å². The molecule has 0 radical (unpaired) electrons. The Morgan fingerprint density at radius 2 is 2.14 bits per heavy atom. The minimum Gasteiger partial charge on any atom is -0.390 e. The molecule has 3 nitrogen and oxygen atoms in total. The Hall–Kier alpha value is -0.930. The molecule has 78 valence electrons. The molecule has 0 amide bonds. The van der Waals surface area contributed by atoms with E-state index in [0.717, 1.165) is 25.1 Å². The zero-order chi connectivity index (χ0) is 10.2. The zero-order valence-corrected chi connectivity index (χ0v) is 8.57. The van der Waals surface area contributed by atoms with Crippen molar-refractivity contribution in [2.24, 2.45) is 0 Å². The van der Waals surface area contributed by atoms with Crippen LogP contribution >= 0.6 is 0 Å².